The average Bonchev–Trinajstić information content (AvgIpc) is 3.11. The van der Waals surface area contributed by atoms with Crippen molar-refractivity contribution in [3.63, 3.8) is 0 Å². The molecule has 1 unspecified atom stereocenters. The van der Waals surface area contributed by atoms with Crippen molar-refractivity contribution in [1.29, 1.82) is 0 Å². The van der Waals surface area contributed by atoms with Gasteiger partial charge < -0.3 is 10.0 Å². The van der Waals surface area contributed by atoms with Crippen molar-refractivity contribution < 1.29 is 9.90 Å². The van der Waals surface area contributed by atoms with Crippen LogP contribution in [-0.4, -0.2) is 70.0 Å². The van der Waals surface area contributed by atoms with Crippen molar-refractivity contribution in [2.24, 2.45) is 0 Å². The summed E-state index contributed by atoms with van der Waals surface area (Å²) in [5.74, 6) is 0.561. The zero-order chi connectivity index (χ0) is 17.6. The number of amides is 2. The molecule has 7 heteroatoms. The molecule has 1 aliphatic heterocycles. The smallest absolute Gasteiger partial charge is 0.323 e. The van der Waals surface area contributed by atoms with E-state index in [1.54, 1.807) is 4.90 Å². The summed E-state index contributed by atoms with van der Waals surface area (Å²) in [4.78, 5) is 16.3. The van der Waals surface area contributed by atoms with Crippen molar-refractivity contribution in [3.05, 3.63) is 48.2 Å². The number of aromatic nitrogens is 2. The molecule has 1 atom stereocenters. The van der Waals surface area contributed by atoms with Gasteiger partial charge in [-0.1, -0.05) is 30.3 Å². The van der Waals surface area contributed by atoms with Crippen LogP contribution in [0.3, 0.4) is 0 Å². The van der Waals surface area contributed by atoms with Crippen LogP contribution in [0, 0.1) is 0 Å². The minimum absolute atomic E-state index is 0.105. The number of rotatable bonds is 5. The zero-order valence-corrected chi connectivity index (χ0v) is 14.5. The number of piperazine rings is 1. The highest BCUT2D eigenvalue weighted by Crippen LogP contribution is 2.18. The van der Waals surface area contributed by atoms with Crippen molar-refractivity contribution >= 4 is 11.8 Å². The van der Waals surface area contributed by atoms with Gasteiger partial charge >= 0.3 is 6.03 Å². The molecule has 0 saturated carbocycles. The minimum atomic E-state index is -0.124. The lowest BCUT2D eigenvalue weighted by molar-refractivity contribution is 0.127. The highest BCUT2D eigenvalue weighted by atomic mass is 16.3. The fourth-order valence-corrected chi connectivity index (χ4v) is 3.01. The van der Waals surface area contributed by atoms with Gasteiger partial charge in [-0.25, -0.2) is 4.79 Å². The summed E-state index contributed by atoms with van der Waals surface area (Å²) in [6.07, 6.45) is 1.88. The molecule has 1 saturated heterocycles. The number of carbonyl (C=O) groups is 1. The Morgan fingerprint density at radius 1 is 1.20 bits per heavy atom. The summed E-state index contributed by atoms with van der Waals surface area (Å²) >= 11 is 0. The number of hydrogen-bond acceptors (Lipinski definition) is 4. The molecule has 3 rings (SSSR count). The van der Waals surface area contributed by atoms with Gasteiger partial charge in [0.25, 0.3) is 0 Å². The summed E-state index contributed by atoms with van der Waals surface area (Å²) < 4.78 is 1.85. The Kier molecular flexibility index (Phi) is 5.67. The Hall–Kier alpha value is -2.38. The molecular formula is C18H25N5O2. The van der Waals surface area contributed by atoms with Crippen LogP contribution in [0.2, 0.25) is 0 Å². The van der Waals surface area contributed by atoms with Crippen LogP contribution in [-0.2, 0) is 0 Å². The molecule has 0 aliphatic carbocycles. The van der Waals surface area contributed by atoms with Crippen LogP contribution in [0.15, 0.2) is 42.6 Å². The molecule has 25 heavy (non-hydrogen) atoms. The van der Waals surface area contributed by atoms with E-state index in [2.05, 4.69) is 34.4 Å². The summed E-state index contributed by atoms with van der Waals surface area (Å²) in [5, 5.41) is 16.3. The molecule has 2 N–H and O–H groups in total. The third-order valence-electron chi connectivity index (χ3n) is 4.60. The number of benzene rings is 1. The quantitative estimate of drug-likeness (QED) is 0.865. The lowest BCUT2D eigenvalue weighted by Gasteiger charge is -2.34. The number of β-amino-alcohol motifs (C(OH)–C–C–N with tert-alkyl or cyclic N) is 1. The number of carbonyl (C=O) groups excluding carboxylic acids is 1. The summed E-state index contributed by atoms with van der Waals surface area (Å²) in [6, 6.07) is 11.9. The first kappa shape index (κ1) is 17.4. The Morgan fingerprint density at radius 3 is 2.60 bits per heavy atom. The maximum atomic E-state index is 12.4. The molecular weight excluding hydrogens is 318 g/mol. The number of nitrogens with zero attached hydrogens (tertiary/aromatic N) is 4. The van der Waals surface area contributed by atoms with Gasteiger partial charge in [0.2, 0.25) is 0 Å². The first-order chi connectivity index (χ1) is 12.2. The van der Waals surface area contributed by atoms with Gasteiger partial charge in [-0.15, -0.1) is 0 Å². The van der Waals surface area contributed by atoms with Crippen LogP contribution in [0.5, 0.6) is 0 Å². The van der Waals surface area contributed by atoms with Crippen LogP contribution >= 0.6 is 0 Å². The van der Waals surface area contributed by atoms with Crippen molar-refractivity contribution in [2.75, 3.05) is 44.6 Å². The second kappa shape index (κ2) is 8.13. The molecule has 1 fully saturated rings. The molecule has 0 bridgehead atoms. The van der Waals surface area contributed by atoms with Crippen molar-refractivity contribution in [3.8, 4) is 0 Å². The summed E-state index contributed by atoms with van der Waals surface area (Å²) in [7, 11) is 0. The van der Waals surface area contributed by atoms with Gasteiger partial charge in [-0.2, -0.15) is 5.10 Å². The van der Waals surface area contributed by atoms with E-state index in [1.807, 2.05) is 35.1 Å². The molecule has 134 valence electrons. The van der Waals surface area contributed by atoms with Crippen LogP contribution in [0.1, 0.15) is 18.5 Å². The van der Waals surface area contributed by atoms with Gasteiger partial charge in [-0.05, 0) is 12.5 Å². The van der Waals surface area contributed by atoms with E-state index in [0.717, 1.165) is 13.1 Å². The molecule has 7 nitrogen and oxygen atoms in total. The number of urea groups is 1. The largest absolute Gasteiger partial charge is 0.395 e. The standard InChI is InChI=1S/C18H25N5O2/c1-15(16-5-3-2-4-6-16)23-8-7-17(20-23)19-18(25)22-11-9-21(10-12-22)13-14-24/h2-8,15,24H,9-14H2,1H3,(H,19,20,25). The Bertz CT molecular complexity index is 680. The third kappa shape index (κ3) is 4.37. The first-order valence-corrected chi connectivity index (χ1v) is 8.66. The minimum Gasteiger partial charge on any atom is -0.395 e. The molecule has 1 aromatic carbocycles. The van der Waals surface area contributed by atoms with Crippen LogP contribution < -0.4 is 5.32 Å². The van der Waals surface area contributed by atoms with E-state index in [9.17, 15) is 4.79 Å². The molecule has 1 aliphatic rings. The van der Waals surface area contributed by atoms with Crippen LogP contribution in [0.25, 0.3) is 0 Å². The Balaban J connectivity index is 1.55. The first-order valence-electron chi connectivity index (χ1n) is 8.66. The van der Waals surface area contributed by atoms with E-state index in [4.69, 9.17) is 5.11 Å². The predicted molar refractivity (Wildman–Crippen MR) is 96.6 cm³/mol. The van der Waals surface area contributed by atoms with E-state index in [1.165, 1.54) is 5.56 Å². The second-order valence-corrected chi connectivity index (χ2v) is 6.25. The maximum absolute atomic E-state index is 12.4. The Labute approximate surface area is 147 Å². The number of anilines is 1. The topological polar surface area (TPSA) is 73.6 Å². The highest BCUT2D eigenvalue weighted by Gasteiger charge is 2.21. The SMILES string of the molecule is CC(c1ccccc1)n1ccc(NC(=O)N2CCN(CCO)CC2)n1. The van der Waals surface area contributed by atoms with Crippen molar-refractivity contribution in [2.45, 2.75) is 13.0 Å². The van der Waals surface area contributed by atoms with Gasteiger partial charge in [0.05, 0.1) is 12.6 Å². The molecule has 2 heterocycles. The number of aliphatic hydroxyl groups excluding tert-OH is 1. The Morgan fingerprint density at radius 2 is 1.92 bits per heavy atom. The fraction of sp³-hybridized carbons (Fsp3) is 0.444. The van der Waals surface area contributed by atoms with Gasteiger partial charge in [0.15, 0.2) is 5.82 Å². The van der Waals surface area contributed by atoms with Crippen LogP contribution in [0.4, 0.5) is 10.6 Å². The summed E-state index contributed by atoms with van der Waals surface area (Å²) in [6.45, 7) is 5.79. The van der Waals surface area contributed by atoms with Crippen molar-refractivity contribution in [1.82, 2.24) is 19.6 Å². The van der Waals surface area contributed by atoms with E-state index in [0.29, 0.717) is 25.5 Å². The van der Waals surface area contributed by atoms with E-state index >= 15 is 0 Å². The third-order valence-corrected chi connectivity index (χ3v) is 4.60. The number of hydrogen-bond donors (Lipinski definition) is 2. The lowest BCUT2D eigenvalue weighted by atomic mass is 10.1. The normalized spacial score (nSPS) is 16.6. The number of aliphatic hydroxyl groups is 1. The van der Waals surface area contributed by atoms with E-state index < -0.39 is 0 Å². The van der Waals surface area contributed by atoms with Gasteiger partial charge in [-0.3, -0.25) is 14.9 Å². The highest BCUT2D eigenvalue weighted by molar-refractivity contribution is 5.88. The lowest BCUT2D eigenvalue weighted by Crippen LogP contribution is -2.50. The van der Waals surface area contributed by atoms with E-state index in [-0.39, 0.29) is 18.7 Å². The molecule has 0 radical (unpaired) electrons. The predicted octanol–water partition coefficient (Wildman–Crippen LogP) is 1.63. The monoisotopic (exact) mass is 343 g/mol. The molecule has 1 aromatic heterocycles. The average molecular weight is 343 g/mol. The molecule has 0 spiro atoms. The number of nitrogens with one attached hydrogen (secondary N) is 1. The maximum Gasteiger partial charge on any atom is 0.323 e. The zero-order valence-electron chi connectivity index (χ0n) is 14.5. The van der Waals surface area contributed by atoms with Gasteiger partial charge in [0, 0.05) is 45.0 Å². The van der Waals surface area contributed by atoms with Gasteiger partial charge in [0.1, 0.15) is 0 Å². The fourth-order valence-electron chi connectivity index (χ4n) is 3.01. The summed E-state index contributed by atoms with van der Waals surface area (Å²) in [5.41, 5.74) is 1.17. The molecule has 2 amide bonds. The molecule has 2 aromatic rings. The second-order valence-electron chi connectivity index (χ2n) is 6.25.